The van der Waals surface area contributed by atoms with E-state index in [2.05, 4.69) is 21.2 Å². The smallest absolute Gasteiger partial charge is 0.268 e. The van der Waals surface area contributed by atoms with Crippen molar-refractivity contribution in [3.63, 3.8) is 0 Å². The molecule has 9 heteroatoms. The van der Waals surface area contributed by atoms with E-state index < -0.39 is 16.4 Å². The van der Waals surface area contributed by atoms with Crippen molar-refractivity contribution in [2.24, 2.45) is 0 Å². The van der Waals surface area contributed by atoms with Gasteiger partial charge in [-0.25, -0.2) is 21.2 Å². The van der Waals surface area contributed by atoms with Gasteiger partial charge in [-0.05, 0) is 67.7 Å². The van der Waals surface area contributed by atoms with Crippen LogP contribution in [0.4, 0.5) is 8.78 Å². The minimum Gasteiger partial charge on any atom is -0.496 e. The number of halogens is 3. The number of piperidine rings is 1. The summed E-state index contributed by atoms with van der Waals surface area (Å²) in [5.74, 6) is 0.803. The average molecular weight is 499 g/mol. The Balaban J connectivity index is 1.87. The van der Waals surface area contributed by atoms with E-state index in [9.17, 15) is 17.2 Å². The standard InChI is InChI=1S/C21H21BrF2N2O3S/c1-29-20-5-3-15(11-17(20)13-6-8-25-9-7-13)30(27,28)26-12-18(21(23)24)16-4-2-14(22)10-19(16)26/h2-5,10-13,21,25H,6-9H2,1H3. The van der Waals surface area contributed by atoms with Crippen molar-refractivity contribution < 1.29 is 21.9 Å². The Morgan fingerprint density at radius 1 is 1.17 bits per heavy atom. The molecule has 0 radical (unpaired) electrons. The normalized spacial score (nSPS) is 15.8. The van der Waals surface area contributed by atoms with Gasteiger partial charge in [0.15, 0.2) is 0 Å². The number of hydrogen-bond donors (Lipinski definition) is 1. The molecule has 1 aromatic heterocycles. The fraction of sp³-hybridized carbons (Fsp3) is 0.333. The van der Waals surface area contributed by atoms with Crippen LogP contribution in [0.3, 0.4) is 0 Å². The van der Waals surface area contributed by atoms with E-state index in [1.165, 1.54) is 18.2 Å². The maximum absolute atomic E-state index is 13.6. The molecular weight excluding hydrogens is 478 g/mol. The second-order valence-electron chi connectivity index (χ2n) is 7.28. The molecule has 0 unspecified atom stereocenters. The lowest BCUT2D eigenvalue weighted by atomic mass is 9.89. The highest BCUT2D eigenvalue weighted by molar-refractivity contribution is 9.10. The van der Waals surface area contributed by atoms with Crippen molar-refractivity contribution in [3.05, 3.63) is 58.2 Å². The summed E-state index contributed by atoms with van der Waals surface area (Å²) < 4.78 is 61.1. The second kappa shape index (κ2) is 8.28. The number of rotatable bonds is 5. The van der Waals surface area contributed by atoms with Crippen molar-refractivity contribution in [1.82, 2.24) is 9.29 Å². The van der Waals surface area contributed by atoms with E-state index in [-0.39, 0.29) is 27.3 Å². The Bertz CT molecular complexity index is 1190. The zero-order valence-corrected chi connectivity index (χ0v) is 18.6. The lowest BCUT2D eigenvalue weighted by molar-refractivity contribution is 0.153. The molecule has 4 rings (SSSR count). The number of nitrogens with one attached hydrogen (secondary N) is 1. The van der Waals surface area contributed by atoms with E-state index in [0.29, 0.717) is 10.2 Å². The van der Waals surface area contributed by atoms with Gasteiger partial charge in [-0.3, -0.25) is 0 Å². The van der Waals surface area contributed by atoms with E-state index in [1.807, 2.05) is 0 Å². The second-order valence-corrected chi connectivity index (χ2v) is 10.0. The molecule has 0 aliphatic carbocycles. The molecule has 160 valence electrons. The minimum atomic E-state index is -4.09. The van der Waals surface area contributed by atoms with Gasteiger partial charge in [0, 0.05) is 21.6 Å². The van der Waals surface area contributed by atoms with Crippen LogP contribution in [0.2, 0.25) is 0 Å². The molecule has 0 saturated carbocycles. The van der Waals surface area contributed by atoms with Crippen LogP contribution >= 0.6 is 15.9 Å². The molecule has 1 saturated heterocycles. The number of benzene rings is 2. The van der Waals surface area contributed by atoms with Crippen molar-refractivity contribution in [2.45, 2.75) is 30.1 Å². The van der Waals surface area contributed by atoms with Crippen LogP contribution in [-0.2, 0) is 10.0 Å². The number of fused-ring (bicyclic) bond motifs is 1. The Labute approximate surface area is 182 Å². The first-order valence-electron chi connectivity index (χ1n) is 9.56. The predicted octanol–water partition coefficient (Wildman–Crippen LogP) is 5.05. The SMILES string of the molecule is COc1ccc(S(=O)(=O)n2cc(C(F)F)c3ccc(Br)cc32)cc1C1CCNCC1. The third kappa shape index (κ3) is 3.74. The largest absolute Gasteiger partial charge is 0.496 e. The van der Waals surface area contributed by atoms with E-state index in [1.54, 1.807) is 25.3 Å². The van der Waals surface area contributed by atoms with Crippen molar-refractivity contribution >= 4 is 36.9 Å². The van der Waals surface area contributed by atoms with Gasteiger partial charge in [0.05, 0.1) is 17.5 Å². The van der Waals surface area contributed by atoms with Crippen molar-refractivity contribution in [1.29, 1.82) is 0 Å². The van der Waals surface area contributed by atoms with Gasteiger partial charge in [0.25, 0.3) is 16.4 Å². The lowest BCUT2D eigenvalue weighted by Crippen LogP contribution is -2.27. The summed E-state index contributed by atoms with van der Waals surface area (Å²) in [5.41, 5.74) is 0.721. The van der Waals surface area contributed by atoms with Gasteiger partial charge in [0.2, 0.25) is 0 Å². The van der Waals surface area contributed by atoms with E-state index in [4.69, 9.17) is 4.74 Å². The van der Waals surface area contributed by atoms with Gasteiger partial charge in [-0.2, -0.15) is 0 Å². The van der Waals surface area contributed by atoms with Crippen LogP contribution in [0.25, 0.3) is 10.9 Å². The summed E-state index contributed by atoms with van der Waals surface area (Å²) in [5, 5.41) is 3.50. The van der Waals surface area contributed by atoms with Crippen LogP contribution in [-0.4, -0.2) is 32.6 Å². The number of methoxy groups -OCH3 is 1. The third-order valence-corrected chi connectivity index (χ3v) is 7.70. The molecule has 1 N–H and O–H groups in total. The highest BCUT2D eigenvalue weighted by Gasteiger charge is 2.27. The van der Waals surface area contributed by atoms with Crippen LogP contribution in [0.5, 0.6) is 5.75 Å². The number of hydrogen-bond acceptors (Lipinski definition) is 4. The number of alkyl halides is 2. The molecule has 0 atom stereocenters. The summed E-state index contributed by atoms with van der Waals surface area (Å²) >= 11 is 3.30. The highest BCUT2D eigenvalue weighted by Crippen LogP contribution is 2.37. The molecular formula is C21H21BrF2N2O3S. The monoisotopic (exact) mass is 498 g/mol. The molecule has 1 aliphatic rings. The molecule has 3 aromatic rings. The summed E-state index contributed by atoms with van der Waals surface area (Å²) in [4.78, 5) is 0.0505. The van der Waals surface area contributed by atoms with Gasteiger partial charge < -0.3 is 10.1 Å². The fourth-order valence-corrected chi connectivity index (χ4v) is 5.76. The lowest BCUT2D eigenvalue weighted by Gasteiger charge is -2.25. The van der Waals surface area contributed by atoms with Gasteiger partial charge in [-0.15, -0.1) is 0 Å². The van der Waals surface area contributed by atoms with Crippen molar-refractivity contribution in [3.8, 4) is 5.75 Å². The number of ether oxygens (including phenoxy) is 1. The Morgan fingerprint density at radius 2 is 1.90 bits per heavy atom. The average Bonchev–Trinajstić information content (AvgIpc) is 3.13. The first-order valence-corrected chi connectivity index (χ1v) is 11.8. The summed E-state index contributed by atoms with van der Waals surface area (Å²) in [7, 11) is -2.53. The molecule has 30 heavy (non-hydrogen) atoms. The molecule has 0 bridgehead atoms. The molecule has 1 fully saturated rings. The Hall–Kier alpha value is -1.97. The van der Waals surface area contributed by atoms with Crippen LogP contribution in [0.15, 0.2) is 52.0 Å². The summed E-state index contributed by atoms with van der Waals surface area (Å²) in [6.07, 6.45) is -0.0268. The summed E-state index contributed by atoms with van der Waals surface area (Å²) in [6, 6.07) is 9.38. The van der Waals surface area contributed by atoms with E-state index >= 15 is 0 Å². The first-order chi connectivity index (χ1) is 14.3. The van der Waals surface area contributed by atoms with Crippen LogP contribution < -0.4 is 10.1 Å². The predicted molar refractivity (Wildman–Crippen MR) is 115 cm³/mol. The maximum Gasteiger partial charge on any atom is 0.268 e. The number of nitrogens with zero attached hydrogens (tertiary/aromatic N) is 1. The minimum absolute atomic E-state index is 0.0505. The van der Waals surface area contributed by atoms with Crippen molar-refractivity contribution in [2.75, 3.05) is 20.2 Å². The number of aromatic nitrogens is 1. The molecule has 2 aromatic carbocycles. The zero-order chi connectivity index (χ0) is 21.5. The molecule has 2 heterocycles. The van der Waals surface area contributed by atoms with Gasteiger partial charge in [-0.1, -0.05) is 22.0 Å². The quantitative estimate of drug-likeness (QED) is 0.534. The van der Waals surface area contributed by atoms with Gasteiger partial charge >= 0.3 is 0 Å². The first kappa shape index (κ1) is 21.3. The molecule has 5 nitrogen and oxygen atoms in total. The third-order valence-electron chi connectivity index (χ3n) is 5.54. The van der Waals surface area contributed by atoms with E-state index in [0.717, 1.165) is 41.7 Å². The molecule has 1 aliphatic heterocycles. The Morgan fingerprint density at radius 3 is 2.57 bits per heavy atom. The highest BCUT2D eigenvalue weighted by atomic mass is 79.9. The van der Waals surface area contributed by atoms with Crippen LogP contribution in [0, 0.1) is 0 Å². The van der Waals surface area contributed by atoms with Gasteiger partial charge in [0.1, 0.15) is 5.75 Å². The molecule has 0 spiro atoms. The molecule has 0 amide bonds. The summed E-state index contributed by atoms with van der Waals surface area (Å²) in [6.45, 7) is 1.69. The fourth-order valence-electron chi connectivity index (χ4n) is 4.01. The van der Waals surface area contributed by atoms with Crippen LogP contribution in [0.1, 0.15) is 36.3 Å². The zero-order valence-electron chi connectivity index (χ0n) is 16.2. The topological polar surface area (TPSA) is 60.3 Å². The Kier molecular flexibility index (Phi) is 5.87. The maximum atomic E-state index is 13.6.